The van der Waals surface area contributed by atoms with Crippen molar-refractivity contribution in [1.29, 1.82) is 0 Å². The first kappa shape index (κ1) is 12.6. The topological polar surface area (TPSA) is 55.1 Å². The highest BCUT2D eigenvalue weighted by Gasteiger charge is 2.56. The second-order valence-electron chi connectivity index (χ2n) is 6.16. The maximum Gasteiger partial charge on any atom is 0.255 e. The molecule has 3 heteroatoms. The standard InChI is InChI=1S/C18H18N2O/c19-16-11-18(16)9-8-13-10-14(6-7-15(13)18)20-17(21)12-4-2-1-3-5-12/h1-7,10,16H,8-9,11,19H2,(H,20,21)/t16-,18-/m1/s1. The van der Waals surface area contributed by atoms with E-state index in [2.05, 4.69) is 17.4 Å². The smallest absolute Gasteiger partial charge is 0.255 e. The summed E-state index contributed by atoms with van der Waals surface area (Å²) in [6.45, 7) is 0. The second-order valence-corrected chi connectivity index (χ2v) is 6.16. The van der Waals surface area contributed by atoms with E-state index in [1.54, 1.807) is 0 Å². The summed E-state index contributed by atoms with van der Waals surface area (Å²) < 4.78 is 0. The van der Waals surface area contributed by atoms with Gasteiger partial charge in [-0.05, 0) is 54.7 Å². The van der Waals surface area contributed by atoms with Crippen molar-refractivity contribution >= 4 is 11.6 Å². The molecule has 0 aliphatic heterocycles. The molecule has 2 aliphatic carbocycles. The van der Waals surface area contributed by atoms with Gasteiger partial charge in [0.2, 0.25) is 0 Å². The summed E-state index contributed by atoms with van der Waals surface area (Å²) in [6, 6.07) is 15.9. The fourth-order valence-electron chi connectivity index (χ4n) is 3.58. The third-order valence-electron chi connectivity index (χ3n) is 4.91. The van der Waals surface area contributed by atoms with Gasteiger partial charge in [0, 0.05) is 22.7 Å². The Labute approximate surface area is 124 Å². The van der Waals surface area contributed by atoms with Crippen LogP contribution >= 0.6 is 0 Å². The molecule has 0 heterocycles. The van der Waals surface area contributed by atoms with Crippen LogP contribution in [0.25, 0.3) is 0 Å². The van der Waals surface area contributed by atoms with Gasteiger partial charge in [-0.1, -0.05) is 24.3 Å². The van der Waals surface area contributed by atoms with E-state index in [0.29, 0.717) is 11.6 Å². The van der Waals surface area contributed by atoms with Crippen molar-refractivity contribution in [2.45, 2.75) is 30.7 Å². The number of benzene rings is 2. The second kappa shape index (κ2) is 4.43. The molecule has 1 spiro atoms. The monoisotopic (exact) mass is 278 g/mol. The Hall–Kier alpha value is -2.13. The Kier molecular flexibility index (Phi) is 2.66. The third kappa shape index (κ3) is 1.96. The van der Waals surface area contributed by atoms with Crippen molar-refractivity contribution in [1.82, 2.24) is 0 Å². The number of aryl methyl sites for hydroxylation is 1. The number of hydrogen-bond acceptors (Lipinski definition) is 2. The number of hydrogen-bond donors (Lipinski definition) is 2. The summed E-state index contributed by atoms with van der Waals surface area (Å²) in [6.07, 6.45) is 3.33. The first-order chi connectivity index (χ1) is 10.2. The van der Waals surface area contributed by atoms with Crippen LogP contribution in [0.1, 0.15) is 34.3 Å². The molecule has 4 rings (SSSR count). The van der Waals surface area contributed by atoms with Gasteiger partial charge in [-0.2, -0.15) is 0 Å². The number of carbonyl (C=O) groups is 1. The van der Waals surface area contributed by atoms with E-state index < -0.39 is 0 Å². The molecule has 3 nitrogen and oxygen atoms in total. The lowest BCUT2D eigenvalue weighted by Crippen LogP contribution is -2.15. The SMILES string of the molecule is N[C@@H]1C[C@@]12CCc1cc(NC(=O)c3ccccc3)ccc12. The number of amides is 1. The van der Waals surface area contributed by atoms with Gasteiger partial charge >= 0.3 is 0 Å². The molecule has 0 saturated heterocycles. The quantitative estimate of drug-likeness (QED) is 0.887. The van der Waals surface area contributed by atoms with Crippen LogP contribution in [0, 0.1) is 0 Å². The normalized spacial score (nSPS) is 25.7. The van der Waals surface area contributed by atoms with Crippen LogP contribution in [0.15, 0.2) is 48.5 Å². The Balaban J connectivity index is 1.57. The van der Waals surface area contributed by atoms with E-state index >= 15 is 0 Å². The molecule has 2 aromatic rings. The minimum Gasteiger partial charge on any atom is -0.327 e. The molecule has 1 amide bonds. The molecule has 21 heavy (non-hydrogen) atoms. The number of carbonyl (C=O) groups excluding carboxylic acids is 1. The van der Waals surface area contributed by atoms with Crippen LogP contribution in [0.2, 0.25) is 0 Å². The first-order valence-corrected chi connectivity index (χ1v) is 7.44. The van der Waals surface area contributed by atoms with Crippen LogP contribution in [0.3, 0.4) is 0 Å². The summed E-state index contributed by atoms with van der Waals surface area (Å²) in [7, 11) is 0. The molecule has 0 aromatic heterocycles. The lowest BCUT2D eigenvalue weighted by Gasteiger charge is -2.11. The van der Waals surface area contributed by atoms with Crippen molar-refractivity contribution in [3.63, 3.8) is 0 Å². The Morgan fingerprint density at radius 1 is 1.19 bits per heavy atom. The van der Waals surface area contributed by atoms with Crippen LogP contribution in [-0.2, 0) is 11.8 Å². The van der Waals surface area contributed by atoms with Crippen LogP contribution in [0.5, 0.6) is 0 Å². The van der Waals surface area contributed by atoms with Crippen molar-refractivity contribution in [2.75, 3.05) is 5.32 Å². The van der Waals surface area contributed by atoms with Gasteiger partial charge in [0.15, 0.2) is 0 Å². The first-order valence-electron chi connectivity index (χ1n) is 7.44. The van der Waals surface area contributed by atoms with Crippen molar-refractivity contribution in [2.24, 2.45) is 5.73 Å². The number of nitrogens with one attached hydrogen (secondary N) is 1. The Morgan fingerprint density at radius 2 is 1.95 bits per heavy atom. The minimum absolute atomic E-state index is 0.0635. The predicted molar refractivity (Wildman–Crippen MR) is 83.4 cm³/mol. The highest BCUT2D eigenvalue weighted by molar-refractivity contribution is 6.04. The number of nitrogens with two attached hydrogens (primary N) is 1. The third-order valence-corrected chi connectivity index (χ3v) is 4.91. The number of rotatable bonds is 2. The minimum atomic E-state index is -0.0635. The average Bonchev–Trinajstić information content (AvgIpc) is 3.02. The molecule has 2 atom stereocenters. The van der Waals surface area contributed by atoms with E-state index in [0.717, 1.165) is 24.9 Å². The maximum absolute atomic E-state index is 12.2. The lowest BCUT2D eigenvalue weighted by atomic mass is 9.97. The molecule has 0 unspecified atom stereocenters. The van der Waals surface area contributed by atoms with Gasteiger partial charge in [-0.3, -0.25) is 4.79 Å². The largest absolute Gasteiger partial charge is 0.327 e. The molecular weight excluding hydrogens is 260 g/mol. The highest BCUT2D eigenvalue weighted by Crippen LogP contribution is 2.55. The zero-order valence-electron chi connectivity index (χ0n) is 11.8. The lowest BCUT2D eigenvalue weighted by molar-refractivity contribution is 0.102. The molecule has 1 fully saturated rings. The zero-order chi connectivity index (χ0) is 14.4. The number of anilines is 1. The van der Waals surface area contributed by atoms with E-state index in [1.165, 1.54) is 11.1 Å². The molecule has 0 radical (unpaired) electrons. The average molecular weight is 278 g/mol. The summed E-state index contributed by atoms with van der Waals surface area (Å²) in [5.74, 6) is -0.0635. The summed E-state index contributed by atoms with van der Waals surface area (Å²) >= 11 is 0. The van der Waals surface area contributed by atoms with Gasteiger partial charge in [-0.25, -0.2) is 0 Å². The Bertz CT molecular complexity index is 710. The summed E-state index contributed by atoms with van der Waals surface area (Å²) in [5.41, 5.74) is 10.6. The molecule has 3 N–H and O–H groups in total. The van der Waals surface area contributed by atoms with Gasteiger partial charge in [-0.15, -0.1) is 0 Å². The van der Waals surface area contributed by atoms with Crippen molar-refractivity contribution in [3.05, 3.63) is 65.2 Å². The van der Waals surface area contributed by atoms with Gasteiger partial charge in [0.05, 0.1) is 0 Å². The van der Waals surface area contributed by atoms with E-state index in [1.807, 2.05) is 36.4 Å². The predicted octanol–water partition coefficient (Wildman–Crippen LogP) is 2.85. The fourth-order valence-corrected chi connectivity index (χ4v) is 3.58. The molecule has 2 aliphatic rings. The van der Waals surface area contributed by atoms with E-state index in [-0.39, 0.29) is 11.3 Å². The molecule has 1 saturated carbocycles. The molecule has 0 bridgehead atoms. The van der Waals surface area contributed by atoms with Gasteiger partial charge in [0.25, 0.3) is 5.91 Å². The Morgan fingerprint density at radius 3 is 2.67 bits per heavy atom. The van der Waals surface area contributed by atoms with Gasteiger partial charge in [0.1, 0.15) is 0 Å². The molecular formula is C18H18N2O. The fraction of sp³-hybridized carbons (Fsp3) is 0.278. The highest BCUT2D eigenvalue weighted by atomic mass is 16.1. The van der Waals surface area contributed by atoms with Crippen molar-refractivity contribution < 1.29 is 4.79 Å². The van der Waals surface area contributed by atoms with Crippen LogP contribution in [-0.4, -0.2) is 11.9 Å². The molecule has 106 valence electrons. The summed E-state index contributed by atoms with van der Waals surface area (Å²) in [4.78, 5) is 12.2. The zero-order valence-corrected chi connectivity index (χ0v) is 11.8. The van der Waals surface area contributed by atoms with Crippen LogP contribution in [0.4, 0.5) is 5.69 Å². The van der Waals surface area contributed by atoms with Crippen LogP contribution < -0.4 is 11.1 Å². The summed E-state index contributed by atoms with van der Waals surface area (Å²) in [5, 5.41) is 2.98. The number of fused-ring (bicyclic) bond motifs is 2. The van der Waals surface area contributed by atoms with E-state index in [9.17, 15) is 4.79 Å². The van der Waals surface area contributed by atoms with Crippen molar-refractivity contribution in [3.8, 4) is 0 Å². The maximum atomic E-state index is 12.2. The van der Waals surface area contributed by atoms with E-state index in [4.69, 9.17) is 5.73 Å². The van der Waals surface area contributed by atoms with Gasteiger partial charge < -0.3 is 11.1 Å². The molecule has 2 aromatic carbocycles.